The van der Waals surface area contributed by atoms with Crippen molar-refractivity contribution in [1.29, 1.82) is 0 Å². The van der Waals surface area contributed by atoms with Crippen LogP contribution in [0.25, 0.3) is 0 Å². The van der Waals surface area contributed by atoms with E-state index in [0.29, 0.717) is 25.9 Å². The highest BCUT2D eigenvalue weighted by Gasteiger charge is 2.28. The van der Waals surface area contributed by atoms with Crippen molar-refractivity contribution in [3.05, 3.63) is 71.3 Å². The molecule has 2 aromatic rings. The Morgan fingerprint density at radius 3 is 2.20 bits per heavy atom. The molecule has 0 aromatic carbocycles. The van der Waals surface area contributed by atoms with E-state index in [0.717, 1.165) is 28.9 Å². The standard InChI is InChI=1S/C19H20N4O2/c24-12-20-10-14-4-6-22-18(8-14)16-2-1-3-17(16)19-9-15(5-7-23-19)11-21-13-25/h1-2,4-9,12-13,16-17H,3,10-11H2,(H,20,24)(H,21,25). The van der Waals surface area contributed by atoms with Gasteiger partial charge in [0.1, 0.15) is 0 Å². The summed E-state index contributed by atoms with van der Waals surface area (Å²) < 4.78 is 0. The van der Waals surface area contributed by atoms with E-state index in [2.05, 4.69) is 32.8 Å². The van der Waals surface area contributed by atoms with Crippen molar-refractivity contribution < 1.29 is 9.59 Å². The zero-order valence-electron chi connectivity index (χ0n) is 13.8. The van der Waals surface area contributed by atoms with Gasteiger partial charge in [-0.1, -0.05) is 12.2 Å². The van der Waals surface area contributed by atoms with E-state index in [-0.39, 0.29) is 11.8 Å². The molecule has 0 bridgehead atoms. The summed E-state index contributed by atoms with van der Waals surface area (Å²) in [5.74, 6) is 0.371. The molecule has 3 rings (SSSR count). The number of hydrogen-bond acceptors (Lipinski definition) is 4. The Balaban J connectivity index is 1.81. The molecule has 2 aromatic heterocycles. The lowest BCUT2D eigenvalue weighted by Gasteiger charge is -2.19. The summed E-state index contributed by atoms with van der Waals surface area (Å²) in [5.41, 5.74) is 4.02. The van der Waals surface area contributed by atoms with Gasteiger partial charge < -0.3 is 10.6 Å². The molecule has 6 heteroatoms. The summed E-state index contributed by atoms with van der Waals surface area (Å²) in [6, 6.07) is 7.87. The first-order valence-electron chi connectivity index (χ1n) is 8.22. The molecule has 6 nitrogen and oxygen atoms in total. The zero-order valence-corrected chi connectivity index (χ0v) is 13.8. The second kappa shape index (κ2) is 8.19. The summed E-state index contributed by atoms with van der Waals surface area (Å²) in [5, 5.41) is 5.36. The van der Waals surface area contributed by atoms with Crippen molar-refractivity contribution >= 4 is 12.8 Å². The smallest absolute Gasteiger partial charge is 0.207 e. The number of carbonyl (C=O) groups excluding carboxylic acids is 2. The van der Waals surface area contributed by atoms with Crippen molar-refractivity contribution in [2.75, 3.05) is 0 Å². The van der Waals surface area contributed by atoms with Gasteiger partial charge in [0.05, 0.1) is 0 Å². The highest BCUT2D eigenvalue weighted by atomic mass is 16.1. The van der Waals surface area contributed by atoms with Crippen LogP contribution in [-0.2, 0) is 22.7 Å². The van der Waals surface area contributed by atoms with Crippen LogP contribution in [-0.4, -0.2) is 22.8 Å². The Kier molecular flexibility index (Phi) is 5.51. The lowest BCUT2D eigenvalue weighted by molar-refractivity contribution is -0.110. The molecule has 0 aliphatic heterocycles. The van der Waals surface area contributed by atoms with Crippen LogP contribution in [0.2, 0.25) is 0 Å². The highest BCUT2D eigenvalue weighted by Crippen LogP contribution is 2.40. The monoisotopic (exact) mass is 336 g/mol. The largest absolute Gasteiger partial charge is 0.355 e. The molecule has 25 heavy (non-hydrogen) atoms. The molecule has 0 radical (unpaired) electrons. The van der Waals surface area contributed by atoms with E-state index in [4.69, 9.17) is 0 Å². The number of allylic oxidation sites excluding steroid dienone is 2. The van der Waals surface area contributed by atoms with E-state index in [1.807, 2.05) is 24.3 Å². The minimum absolute atomic E-state index is 0.151. The van der Waals surface area contributed by atoms with Gasteiger partial charge in [-0.15, -0.1) is 0 Å². The van der Waals surface area contributed by atoms with E-state index in [1.54, 1.807) is 12.4 Å². The number of amides is 2. The molecule has 128 valence electrons. The summed E-state index contributed by atoms with van der Waals surface area (Å²) in [6.45, 7) is 0.986. The fourth-order valence-corrected chi connectivity index (χ4v) is 3.17. The molecule has 0 saturated heterocycles. The molecular weight excluding hydrogens is 316 g/mol. The lowest BCUT2D eigenvalue weighted by Crippen LogP contribution is -2.13. The van der Waals surface area contributed by atoms with E-state index < -0.39 is 0 Å². The molecule has 2 N–H and O–H groups in total. The quantitative estimate of drug-likeness (QED) is 0.569. The maximum absolute atomic E-state index is 10.5. The number of rotatable bonds is 8. The van der Waals surface area contributed by atoms with Crippen LogP contribution >= 0.6 is 0 Å². The van der Waals surface area contributed by atoms with Crippen LogP contribution in [0.15, 0.2) is 48.8 Å². The molecule has 2 unspecified atom stereocenters. The summed E-state index contributed by atoms with van der Waals surface area (Å²) >= 11 is 0. The Morgan fingerprint density at radius 2 is 1.56 bits per heavy atom. The summed E-state index contributed by atoms with van der Waals surface area (Å²) in [7, 11) is 0. The SMILES string of the molecule is O=CNCc1ccnc(C2C=CCC2c2cc(CNC=O)ccn2)c1. The van der Waals surface area contributed by atoms with Crippen LogP contribution in [0, 0.1) is 0 Å². The number of nitrogens with one attached hydrogen (secondary N) is 2. The minimum Gasteiger partial charge on any atom is -0.355 e. The van der Waals surface area contributed by atoms with Crippen molar-refractivity contribution in [3.8, 4) is 0 Å². The third-order valence-corrected chi connectivity index (χ3v) is 4.36. The van der Waals surface area contributed by atoms with Gasteiger partial charge in [-0.05, 0) is 41.8 Å². The topological polar surface area (TPSA) is 84.0 Å². The summed E-state index contributed by atoms with van der Waals surface area (Å²) in [6.07, 6.45) is 10.2. The van der Waals surface area contributed by atoms with Gasteiger partial charge in [0.2, 0.25) is 12.8 Å². The minimum atomic E-state index is 0.151. The third-order valence-electron chi connectivity index (χ3n) is 4.36. The van der Waals surface area contributed by atoms with E-state index >= 15 is 0 Å². The predicted octanol–water partition coefficient (Wildman–Crippen LogP) is 1.80. The molecule has 0 spiro atoms. The average Bonchev–Trinajstić information content (AvgIpc) is 3.15. The van der Waals surface area contributed by atoms with Gasteiger partial charge in [-0.2, -0.15) is 0 Å². The van der Waals surface area contributed by atoms with Crippen molar-refractivity contribution in [3.63, 3.8) is 0 Å². The van der Waals surface area contributed by atoms with Crippen LogP contribution in [0.1, 0.15) is 40.8 Å². The molecule has 1 aliphatic carbocycles. The Bertz CT molecular complexity index is 776. The van der Waals surface area contributed by atoms with Gasteiger partial charge in [0.15, 0.2) is 0 Å². The maximum Gasteiger partial charge on any atom is 0.207 e. The predicted molar refractivity (Wildman–Crippen MR) is 93.5 cm³/mol. The molecule has 0 saturated carbocycles. The first-order chi connectivity index (χ1) is 12.3. The lowest BCUT2D eigenvalue weighted by atomic mass is 9.88. The van der Waals surface area contributed by atoms with Gasteiger partial charge in [0.25, 0.3) is 0 Å². The van der Waals surface area contributed by atoms with Crippen molar-refractivity contribution in [2.45, 2.75) is 31.3 Å². The van der Waals surface area contributed by atoms with Crippen LogP contribution < -0.4 is 10.6 Å². The normalized spacial score (nSPS) is 18.7. The van der Waals surface area contributed by atoms with Crippen LogP contribution in [0.4, 0.5) is 0 Å². The van der Waals surface area contributed by atoms with E-state index in [1.165, 1.54) is 0 Å². The Hall–Kier alpha value is -3.02. The number of aromatic nitrogens is 2. The second-order valence-electron chi connectivity index (χ2n) is 5.97. The number of carbonyl (C=O) groups is 2. The van der Waals surface area contributed by atoms with Gasteiger partial charge in [0, 0.05) is 48.7 Å². The fraction of sp³-hybridized carbons (Fsp3) is 0.263. The van der Waals surface area contributed by atoms with Crippen LogP contribution in [0.5, 0.6) is 0 Å². The average molecular weight is 336 g/mol. The molecular formula is C19H20N4O2. The first kappa shape index (κ1) is 16.8. The van der Waals surface area contributed by atoms with Gasteiger partial charge in [-0.25, -0.2) is 0 Å². The van der Waals surface area contributed by atoms with Crippen LogP contribution in [0.3, 0.4) is 0 Å². The first-order valence-corrected chi connectivity index (χ1v) is 8.22. The van der Waals surface area contributed by atoms with Gasteiger partial charge >= 0.3 is 0 Å². The van der Waals surface area contributed by atoms with Gasteiger partial charge in [-0.3, -0.25) is 19.6 Å². The van der Waals surface area contributed by atoms with Crippen molar-refractivity contribution in [1.82, 2.24) is 20.6 Å². The number of pyridine rings is 2. The second-order valence-corrected chi connectivity index (χ2v) is 5.97. The number of nitrogens with zero attached hydrogens (tertiary/aromatic N) is 2. The Labute approximate surface area is 146 Å². The molecule has 2 atom stereocenters. The maximum atomic E-state index is 10.5. The molecule has 1 aliphatic rings. The highest BCUT2D eigenvalue weighted by molar-refractivity contribution is 5.46. The molecule has 0 fully saturated rings. The van der Waals surface area contributed by atoms with Crippen molar-refractivity contribution in [2.24, 2.45) is 0 Å². The zero-order chi connectivity index (χ0) is 17.5. The third kappa shape index (κ3) is 4.09. The number of hydrogen-bond donors (Lipinski definition) is 2. The molecule has 2 amide bonds. The fourth-order valence-electron chi connectivity index (χ4n) is 3.17. The molecule has 2 heterocycles. The Morgan fingerprint density at radius 1 is 0.960 bits per heavy atom. The summed E-state index contributed by atoms with van der Waals surface area (Å²) in [4.78, 5) is 30.0. The van der Waals surface area contributed by atoms with E-state index in [9.17, 15) is 9.59 Å².